The molecule has 0 spiro atoms. The Labute approximate surface area is 148 Å². The zero-order valence-corrected chi connectivity index (χ0v) is 14.4. The smallest absolute Gasteiger partial charge is 0.178 e. The first kappa shape index (κ1) is 18.0. The molecular weight excluding hydrogens is 308 g/mol. The van der Waals surface area contributed by atoms with Crippen molar-refractivity contribution in [1.82, 2.24) is 0 Å². The van der Waals surface area contributed by atoms with Crippen molar-refractivity contribution < 1.29 is 4.79 Å². The number of allylic oxidation sites excluding steroid dienone is 4. The van der Waals surface area contributed by atoms with Crippen molar-refractivity contribution in [3.8, 4) is 6.07 Å². The fourth-order valence-electron chi connectivity index (χ4n) is 2.10. The Balaban J connectivity index is 1.89. The summed E-state index contributed by atoms with van der Waals surface area (Å²) in [5.74, 6) is -0.0684. The minimum Gasteiger partial charge on any atom is -0.378 e. The lowest BCUT2D eigenvalue weighted by atomic mass is 10.1. The highest BCUT2D eigenvalue weighted by atomic mass is 16.1. The van der Waals surface area contributed by atoms with E-state index in [1.807, 2.05) is 61.5 Å². The second kappa shape index (κ2) is 9.05. The molecule has 0 radical (unpaired) electrons. The fraction of sp³-hybridized carbons (Fsp3) is 0.0909. The average Bonchev–Trinajstić information content (AvgIpc) is 2.64. The third kappa shape index (κ3) is 5.96. The van der Waals surface area contributed by atoms with Gasteiger partial charge in [-0.05, 0) is 47.5 Å². The molecule has 0 saturated heterocycles. The summed E-state index contributed by atoms with van der Waals surface area (Å²) in [4.78, 5) is 13.9. The Kier molecular flexibility index (Phi) is 6.50. The Hall–Kier alpha value is -3.38. The number of carbonyl (C=O) groups excluding carboxylic acids is 1. The summed E-state index contributed by atoms with van der Waals surface area (Å²) in [6, 6.07) is 17.3. The first-order chi connectivity index (χ1) is 12.1. The standard InChI is InChI=1S/C22H20N2O/c1-24(2)21-14-11-19(12-15-21)13-16-22(25)6-4-3-5-18-7-9-20(17-23)10-8-18/h3-16H,1-2H3. The van der Waals surface area contributed by atoms with Crippen LogP contribution in [0.1, 0.15) is 16.7 Å². The lowest BCUT2D eigenvalue weighted by Crippen LogP contribution is -2.07. The molecule has 2 aromatic rings. The Morgan fingerprint density at radius 3 is 2.08 bits per heavy atom. The molecule has 0 aliphatic heterocycles. The molecular formula is C22H20N2O. The summed E-state index contributed by atoms with van der Waals surface area (Å²) >= 11 is 0. The van der Waals surface area contributed by atoms with Crippen LogP contribution in [0.2, 0.25) is 0 Å². The van der Waals surface area contributed by atoms with Gasteiger partial charge in [-0.1, -0.05) is 48.6 Å². The summed E-state index contributed by atoms with van der Waals surface area (Å²) in [5.41, 5.74) is 3.72. The van der Waals surface area contributed by atoms with Crippen molar-refractivity contribution in [3.63, 3.8) is 0 Å². The van der Waals surface area contributed by atoms with Crippen LogP contribution in [-0.4, -0.2) is 19.9 Å². The summed E-state index contributed by atoms with van der Waals surface area (Å²) in [6.07, 6.45) is 10.3. The monoisotopic (exact) mass is 328 g/mol. The average molecular weight is 328 g/mol. The highest BCUT2D eigenvalue weighted by Gasteiger charge is 1.94. The number of benzene rings is 2. The second-order valence-corrected chi connectivity index (χ2v) is 5.67. The van der Waals surface area contributed by atoms with E-state index in [1.54, 1.807) is 36.4 Å². The Morgan fingerprint density at radius 1 is 0.880 bits per heavy atom. The van der Waals surface area contributed by atoms with Crippen LogP contribution >= 0.6 is 0 Å². The SMILES string of the molecule is CN(C)c1ccc(C=CC(=O)C=CC=Cc2ccc(C#N)cc2)cc1. The van der Waals surface area contributed by atoms with Crippen LogP contribution < -0.4 is 4.90 Å². The highest BCUT2D eigenvalue weighted by molar-refractivity contribution is 6.02. The molecule has 0 unspecified atom stereocenters. The molecule has 0 bridgehead atoms. The van der Waals surface area contributed by atoms with Crippen molar-refractivity contribution in [2.75, 3.05) is 19.0 Å². The van der Waals surface area contributed by atoms with Gasteiger partial charge in [0.25, 0.3) is 0 Å². The molecule has 124 valence electrons. The minimum atomic E-state index is -0.0684. The van der Waals surface area contributed by atoms with Crippen LogP contribution in [0.5, 0.6) is 0 Å². The molecule has 0 fully saturated rings. The van der Waals surface area contributed by atoms with Crippen molar-refractivity contribution in [1.29, 1.82) is 5.26 Å². The van der Waals surface area contributed by atoms with Gasteiger partial charge in [0.1, 0.15) is 0 Å². The molecule has 2 aromatic carbocycles. The maximum Gasteiger partial charge on any atom is 0.178 e. The summed E-state index contributed by atoms with van der Waals surface area (Å²) in [7, 11) is 3.98. The zero-order chi connectivity index (χ0) is 18.1. The molecule has 3 heteroatoms. The molecule has 0 saturated carbocycles. The van der Waals surface area contributed by atoms with E-state index in [0.717, 1.165) is 16.8 Å². The van der Waals surface area contributed by atoms with Gasteiger partial charge in [0.15, 0.2) is 5.78 Å². The van der Waals surface area contributed by atoms with E-state index in [-0.39, 0.29) is 5.78 Å². The highest BCUT2D eigenvalue weighted by Crippen LogP contribution is 2.13. The van der Waals surface area contributed by atoms with E-state index in [0.29, 0.717) is 5.56 Å². The van der Waals surface area contributed by atoms with Crippen LogP contribution in [-0.2, 0) is 4.79 Å². The summed E-state index contributed by atoms with van der Waals surface area (Å²) in [6.45, 7) is 0. The van der Waals surface area contributed by atoms with E-state index in [9.17, 15) is 4.79 Å². The van der Waals surface area contributed by atoms with Crippen LogP contribution in [0.3, 0.4) is 0 Å². The lowest BCUT2D eigenvalue weighted by Gasteiger charge is -2.11. The predicted molar refractivity (Wildman–Crippen MR) is 104 cm³/mol. The molecule has 0 heterocycles. The molecule has 0 N–H and O–H groups in total. The number of ketones is 1. The maximum atomic E-state index is 11.8. The first-order valence-corrected chi connectivity index (χ1v) is 7.93. The molecule has 0 aliphatic rings. The minimum absolute atomic E-state index is 0.0684. The van der Waals surface area contributed by atoms with Gasteiger partial charge >= 0.3 is 0 Å². The lowest BCUT2D eigenvalue weighted by molar-refractivity contribution is -0.110. The largest absolute Gasteiger partial charge is 0.378 e. The van der Waals surface area contributed by atoms with Crippen molar-refractivity contribution in [2.24, 2.45) is 0 Å². The van der Waals surface area contributed by atoms with Crippen molar-refractivity contribution >= 4 is 23.6 Å². The summed E-state index contributed by atoms with van der Waals surface area (Å²) < 4.78 is 0. The molecule has 0 aromatic heterocycles. The van der Waals surface area contributed by atoms with E-state index >= 15 is 0 Å². The first-order valence-electron chi connectivity index (χ1n) is 7.93. The van der Waals surface area contributed by atoms with Gasteiger partial charge in [0, 0.05) is 19.8 Å². The number of anilines is 1. The third-order valence-electron chi connectivity index (χ3n) is 3.55. The van der Waals surface area contributed by atoms with Crippen LogP contribution in [0.25, 0.3) is 12.2 Å². The molecule has 0 atom stereocenters. The van der Waals surface area contributed by atoms with Gasteiger partial charge < -0.3 is 4.90 Å². The maximum absolute atomic E-state index is 11.8. The van der Waals surface area contributed by atoms with Crippen LogP contribution in [0.15, 0.2) is 72.8 Å². The number of rotatable bonds is 6. The predicted octanol–water partition coefficient (Wildman–Crippen LogP) is 4.48. The normalized spacial score (nSPS) is 11.2. The van der Waals surface area contributed by atoms with Crippen LogP contribution in [0, 0.1) is 11.3 Å². The van der Waals surface area contributed by atoms with E-state index < -0.39 is 0 Å². The van der Waals surface area contributed by atoms with E-state index in [1.165, 1.54) is 6.08 Å². The molecule has 25 heavy (non-hydrogen) atoms. The van der Waals surface area contributed by atoms with Gasteiger partial charge in [-0.25, -0.2) is 0 Å². The number of hydrogen-bond acceptors (Lipinski definition) is 3. The van der Waals surface area contributed by atoms with Gasteiger partial charge in [0.2, 0.25) is 0 Å². The molecule has 3 nitrogen and oxygen atoms in total. The number of hydrogen-bond donors (Lipinski definition) is 0. The zero-order valence-electron chi connectivity index (χ0n) is 14.4. The number of nitriles is 1. The van der Waals surface area contributed by atoms with Gasteiger partial charge in [-0.2, -0.15) is 5.26 Å². The number of nitrogens with zero attached hydrogens (tertiary/aromatic N) is 2. The van der Waals surface area contributed by atoms with Crippen molar-refractivity contribution in [3.05, 3.63) is 89.5 Å². The summed E-state index contributed by atoms with van der Waals surface area (Å²) in [5, 5.41) is 8.75. The Morgan fingerprint density at radius 2 is 1.48 bits per heavy atom. The van der Waals surface area contributed by atoms with E-state index in [2.05, 4.69) is 6.07 Å². The second-order valence-electron chi connectivity index (χ2n) is 5.67. The van der Waals surface area contributed by atoms with Crippen LogP contribution in [0.4, 0.5) is 5.69 Å². The Bertz CT molecular complexity index is 833. The third-order valence-corrected chi connectivity index (χ3v) is 3.55. The molecule has 2 rings (SSSR count). The fourth-order valence-corrected chi connectivity index (χ4v) is 2.10. The molecule has 0 aliphatic carbocycles. The van der Waals surface area contributed by atoms with Gasteiger partial charge in [-0.15, -0.1) is 0 Å². The van der Waals surface area contributed by atoms with E-state index in [4.69, 9.17) is 5.26 Å². The van der Waals surface area contributed by atoms with Gasteiger partial charge in [0.05, 0.1) is 11.6 Å². The number of carbonyl (C=O) groups is 1. The quantitative estimate of drug-likeness (QED) is 0.580. The molecule has 0 amide bonds. The topological polar surface area (TPSA) is 44.1 Å². The van der Waals surface area contributed by atoms with Gasteiger partial charge in [-0.3, -0.25) is 4.79 Å². The van der Waals surface area contributed by atoms with Crippen molar-refractivity contribution in [2.45, 2.75) is 0 Å².